The maximum absolute atomic E-state index is 13.9. The van der Waals surface area contributed by atoms with Crippen molar-refractivity contribution in [2.45, 2.75) is 50.5 Å². The number of likely N-dealkylation sites (N-methyl/N-ethyl adjacent to an activating group) is 1. The van der Waals surface area contributed by atoms with Gasteiger partial charge in [-0.1, -0.05) is 0 Å². The van der Waals surface area contributed by atoms with Gasteiger partial charge in [-0.25, -0.2) is 4.98 Å². The van der Waals surface area contributed by atoms with Crippen LogP contribution in [0.4, 0.5) is 36.3 Å². The number of nitrogens with one attached hydrogen (secondary N) is 3. The van der Waals surface area contributed by atoms with E-state index in [1.54, 1.807) is 42.1 Å². The van der Waals surface area contributed by atoms with Gasteiger partial charge in [0.15, 0.2) is 0 Å². The molecule has 2 aromatic heterocycles. The maximum atomic E-state index is 13.9. The van der Waals surface area contributed by atoms with E-state index in [1.807, 2.05) is 0 Å². The molecule has 2 amide bonds. The average Bonchev–Trinajstić information content (AvgIpc) is 3.46. The van der Waals surface area contributed by atoms with Crippen molar-refractivity contribution in [3.8, 4) is 5.75 Å². The molecule has 246 valence electrons. The number of nitrogens with zero attached hydrogens (tertiary/aromatic N) is 5. The Bertz CT molecular complexity index is 1580. The molecule has 4 heterocycles. The van der Waals surface area contributed by atoms with E-state index in [2.05, 4.69) is 30.8 Å². The minimum atomic E-state index is -4.75. The molecule has 1 saturated carbocycles. The molecule has 1 aliphatic carbocycles. The minimum Gasteiger partial charge on any atom is -0.495 e. The van der Waals surface area contributed by atoms with Crippen LogP contribution in [0, 0.1) is 0 Å². The average molecular weight is 643 g/mol. The lowest BCUT2D eigenvalue weighted by Crippen LogP contribution is -2.47. The van der Waals surface area contributed by atoms with Crippen LogP contribution in [0.2, 0.25) is 0 Å². The molecule has 3 aromatic rings. The largest absolute Gasteiger partial charge is 0.495 e. The van der Waals surface area contributed by atoms with Crippen LogP contribution in [0.25, 0.3) is 0 Å². The number of aromatic nitrogens is 3. The van der Waals surface area contributed by atoms with E-state index < -0.39 is 17.6 Å². The third-order valence-corrected chi connectivity index (χ3v) is 8.84. The summed E-state index contributed by atoms with van der Waals surface area (Å²) >= 11 is 0. The Morgan fingerprint density at radius 3 is 2.50 bits per heavy atom. The molecule has 0 atom stereocenters. The third kappa shape index (κ3) is 6.75. The number of hydrogen-bond acceptors (Lipinski definition) is 9. The molecule has 1 saturated heterocycles. The van der Waals surface area contributed by atoms with Gasteiger partial charge >= 0.3 is 6.18 Å². The number of ether oxygens (including phenoxy) is 2. The van der Waals surface area contributed by atoms with E-state index in [0.29, 0.717) is 36.6 Å². The van der Waals surface area contributed by atoms with Crippen LogP contribution in [-0.2, 0) is 17.5 Å². The molecule has 0 radical (unpaired) electrons. The van der Waals surface area contributed by atoms with Crippen LogP contribution in [0.15, 0.2) is 36.7 Å². The predicted octanol–water partition coefficient (Wildman–Crippen LogP) is 4.25. The number of benzene rings is 1. The Morgan fingerprint density at radius 2 is 1.78 bits per heavy atom. The summed E-state index contributed by atoms with van der Waals surface area (Å²) in [4.78, 5) is 37.9. The van der Waals surface area contributed by atoms with E-state index in [1.165, 1.54) is 12.0 Å². The molecule has 0 bridgehead atoms. The van der Waals surface area contributed by atoms with Crippen LogP contribution in [-0.4, -0.2) is 95.2 Å². The number of alkyl halides is 3. The molecule has 0 spiro atoms. The first-order valence-electron chi connectivity index (χ1n) is 15.3. The van der Waals surface area contributed by atoms with Gasteiger partial charge < -0.3 is 34.9 Å². The number of amides is 2. The van der Waals surface area contributed by atoms with Crippen molar-refractivity contribution in [2.75, 3.05) is 57.6 Å². The van der Waals surface area contributed by atoms with Crippen molar-refractivity contribution in [1.29, 1.82) is 0 Å². The van der Waals surface area contributed by atoms with Gasteiger partial charge in [0.05, 0.1) is 31.7 Å². The van der Waals surface area contributed by atoms with Gasteiger partial charge in [-0.05, 0) is 49.9 Å². The zero-order valence-electron chi connectivity index (χ0n) is 25.7. The summed E-state index contributed by atoms with van der Waals surface area (Å²) < 4.78 is 54.5. The highest BCUT2D eigenvalue weighted by molar-refractivity contribution is 5.99. The lowest BCUT2D eigenvalue weighted by Gasteiger charge is -2.38. The normalized spacial score (nSPS) is 20.6. The molecule has 0 unspecified atom stereocenters. The molecule has 6 rings (SSSR count). The molecule has 12 nitrogen and oxygen atoms in total. The third-order valence-electron chi connectivity index (χ3n) is 8.84. The Balaban J connectivity index is 1.15. The Labute approximate surface area is 264 Å². The summed E-state index contributed by atoms with van der Waals surface area (Å²) in [7, 11) is 3.07. The van der Waals surface area contributed by atoms with E-state index in [0.717, 1.165) is 52.0 Å². The molecule has 15 heteroatoms. The van der Waals surface area contributed by atoms with Crippen LogP contribution in [0.1, 0.15) is 52.1 Å². The molecular weight excluding hydrogens is 605 g/mol. The van der Waals surface area contributed by atoms with Gasteiger partial charge in [-0.15, -0.1) is 0 Å². The summed E-state index contributed by atoms with van der Waals surface area (Å²) in [6, 6.07) is 6.90. The topological polar surface area (TPSA) is 126 Å². The van der Waals surface area contributed by atoms with Crippen molar-refractivity contribution in [3.05, 3.63) is 53.5 Å². The minimum absolute atomic E-state index is 0.0715. The van der Waals surface area contributed by atoms with Gasteiger partial charge in [0.25, 0.3) is 11.8 Å². The fraction of sp³-hybridized carbons (Fsp3) is 0.484. The Kier molecular flexibility index (Phi) is 9.04. The first kappa shape index (κ1) is 31.6. The van der Waals surface area contributed by atoms with Gasteiger partial charge in [-0.3, -0.25) is 14.5 Å². The number of carbonyl (C=O) groups is 2. The maximum Gasteiger partial charge on any atom is 0.421 e. The van der Waals surface area contributed by atoms with Gasteiger partial charge in [0, 0.05) is 63.3 Å². The Hall–Kier alpha value is -4.37. The highest BCUT2D eigenvalue weighted by atomic mass is 19.4. The number of halogens is 3. The fourth-order valence-corrected chi connectivity index (χ4v) is 6.26. The van der Waals surface area contributed by atoms with E-state index in [9.17, 15) is 22.8 Å². The number of rotatable bonds is 8. The SMILES string of the molecule is COc1cc(C(=O)NC2CCC(N3CCOCC3)CC2)ccc1Nc1ncc(C(F)(F)F)c(Nc2ccn3c2C(=O)N(C)CC3)n1. The molecular formula is C31H37F3N8O4. The summed E-state index contributed by atoms with van der Waals surface area (Å²) in [5, 5.41) is 8.74. The highest BCUT2D eigenvalue weighted by Crippen LogP contribution is 2.37. The second-order valence-corrected chi connectivity index (χ2v) is 11.7. The molecule has 2 aliphatic heterocycles. The van der Waals surface area contributed by atoms with Gasteiger partial charge in [-0.2, -0.15) is 18.2 Å². The van der Waals surface area contributed by atoms with E-state index in [4.69, 9.17) is 9.47 Å². The van der Waals surface area contributed by atoms with Crippen molar-refractivity contribution >= 4 is 35.0 Å². The summed E-state index contributed by atoms with van der Waals surface area (Å²) in [5.41, 5.74) is 0.104. The number of carbonyl (C=O) groups excluding carboxylic acids is 2. The van der Waals surface area contributed by atoms with Crippen LogP contribution < -0.4 is 20.7 Å². The van der Waals surface area contributed by atoms with E-state index in [-0.39, 0.29) is 40.9 Å². The van der Waals surface area contributed by atoms with Crippen LogP contribution in [0.3, 0.4) is 0 Å². The Morgan fingerprint density at radius 1 is 1.02 bits per heavy atom. The second-order valence-electron chi connectivity index (χ2n) is 11.7. The van der Waals surface area contributed by atoms with Crippen LogP contribution in [0.5, 0.6) is 5.75 Å². The number of hydrogen-bond donors (Lipinski definition) is 3. The predicted molar refractivity (Wildman–Crippen MR) is 164 cm³/mol. The number of fused-ring (bicyclic) bond motifs is 1. The lowest BCUT2D eigenvalue weighted by atomic mass is 9.89. The molecule has 1 aromatic carbocycles. The van der Waals surface area contributed by atoms with Gasteiger partial charge in [0.2, 0.25) is 5.95 Å². The van der Waals surface area contributed by atoms with E-state index >= 15 is 0 Å². The molecule has 2 fully saturated rings. The van der Waals surface area contributed by atoms with Crippen molar-refractivity contribution in [3.63, 3.8) is 0 Å². The standard InChI is InChI=1S/C31H37F3N8O4/c1-40-11-12-42-10-9-24(26(42)29(40)44)37-27-22(31(32,33)34)18-35-30(39-27)38-23-8-3-19(17-25(23)45-2)28(43)36-20-4-6-21(7-5-20)41-13-15-46-16-14-41/h3,8-10,17-18,20-21H,4-7,11-16H2,1-2H3,(H,36,43)(H2,35,37,38,39). The van der Waals surface area contributed by atoms with Gasteiger partial charge in [0.1, 0.15) is 22.8 Å². The van der Waals surface area contributed by atoms with Crippen LogP contribution >= 0.6 is 0 Å². The van der Waals surface area contributed by atoms with Crippen molar-refractivity contribution in [2.24, 2.45) is 0 Å². The smallest absolute Gasteiger partial charge is 0.421 e. The first-order valence-corrected chi connectivity index (χ1v) is 15.3. The molecule has 3 N–H and O–H groups in total. The number of morpholine rings is 1. The summed E-state index contributed by atoms with van der Waals surface area (Å²) in [6.45, 7) is 4.44. The fourth-order valence-electron chi connectivity index (χ4n) is 6.26. The quantitative estimate of drug-likeness (QED) is 0.331. The number of anilines is 4. The monoisotopic (exact) mass is 642 g/mol. The second kappa shape index (κ2) is 13.2. The van der Waals surface area contributed by atoms with Crippen molar-refractivity contribution < 1.29 is 32.2 Å². The highest BCUT2D eigenvalue weighted by Gasteiger charge is 2.36. The molecule has 3 aliphatic rings. The molecule has 46 heavy (non-hydrogen) atoms. The number of methoxy groups -OCH3 is 1. The zero-order valence-corrected chi connectivity index (χ0v) is 25.7. The lowest BCUT2D eigenvalue weighted by molar-refractivity contribution is -0.137. The van der Waals surface area contributed by atoms with Crippen molar-refractivity contribution in [1.82, 2.24) is 29.7 Å². The first-order chi connectivity index (χ1) is 22.1. The summed E-state index contributed by atoms with van der Waals surface area (Å²) in [5.74, 6) is -0.906. The summed E-state index contributed by atoms with van der Waals surface area (Å²) in [6.07, 6.45) is 1.39. The zero-order chi connectivity index (χ0) is 32.4.